The molecular formula is C16H16FNO2. The van der Waals surface area contributed by atoms with Crippen LogP contribution in [0.2, 0.25) is 0 Å². The molecule has 0 aliphatic rings. The molecule has 0 atom stereocenters. The van der Waals surface area contributed by atoms with Gasteiger partial charge in [-0.05, 0) is 56.7 Å². The summed E-state index contributed by atoms with van der Waals surface area (Å²) in [5.74, 6) is 0.543. The van der Waals surface area contributed by atoms with Crippen molar-refractivity contribution in [3.63, 3.8) is 0 Å². The predicted octanol–water partition coefficient (Wildman–Crippen LogP) is 4.23. The largest absolute Gasteiger partial charge is 0.458 e. The fraction of sp³-hybridized carbons (Fsp3) is 0.188. The van der Waals surface area contributed by atoms with Gasteiger partial charge in [-0.1, -0.05) is 0 Å². The van der Waals surface area contributed by atoms with Gasteiger partial charge in [0.1, 0.15) is 11.6 Å². The van der Waals surface area contributed by atoms with Gasteiger partial charge in [-0.3, -0.25) is 4.79 Å². The zero-order chi connectivity index (χ0) is 14.7. The van der Waals surface area contributed by atoms with Crippen LogP contribution in [0.4, 0.5) is 10.1 Å². The predicted molar refractivity (Wildman–Crippen MR) is 76.3 cm³/mol. The van der Waals surface area contributed by atoms with E-state index in [0.717, 1.165) is 5.69 Å². The van der Waals surface area contributed by atoms with Gasteiger partial charge in [-0.25, -0.2) is 4.39 Å². The smallest absolute Gasteiger partial charge is 0.222 e. The Hall–Kier alpha value is -2.36. The molecule has 0 saturated carbocycles. The van der Waals surface area contributed by atoms with Gasteiger partial charge in [0, 0.05) is 17.5 Å². The molecule has 3 nitrogen and oxygen atoms in total. The van der Waals surface area contributed by atoms with Crippen molar-refractivity contribution >= 4 is 11.5 Å². The molecule has 1 aromatic heterocycles. The average Bonchev–Trinajstić information content (AvgIpc) is 2.80. The SMILES string of the molecule is C/C(=C\C(=O)c1ccc(C)o1)Nc1ccc(F)c(C)c1. The molecular weight excluding hydrogens is 257 g/mol. The molecule has 2 rings (SSSR count). The Morgan fingerprint density at radius 1 is 1.25 bits per heavy atom. The van der Waals surface area contributed by atoms with E-state index in [1.165, 1.54) is 12.1 Å². The number of nitrogens with one attached hydrogen (secondary N) is 1. The van der Waals surface area contributed by atoms with Gasteiger partial charge in [0.15, 0.2) is 5.76 Å². The van der Waals surface area contributed by atoms with Crippen molar-refractivity contribution in [1.82, 2.24) is 0 Å². The van der Waals surface area contributed by atoms with Crippen molar-refractivity contribution in [2.45, 2.75) is 20.8 Å². The molecule has 0 saturated heterocycles. The zero-order valence-corrected chi connectivity index (χ0v) is 11.7. The molecule has 0 bridgehead atoms. The Bertz CT molecular complexity index is 671. The first-order valence-corrected chi connectivity index (χ1v) is 6.28. The minimum absolute atomic E-state index is 0.207. The summed E-state index contributed by atoms with van der Waals surface area (Å²) in [6, 6.07) is 8.09. The zero-order valence-electron chi connectivity index (χ0n) is 11.7. The molecule has 0 fully saturated rings. The molecule has 0 spiro atoms. The van der Waals surface area contributed by atoms with Gasteiger partial charge in [0.25, 0.3) is 0 Å². The molecule has 0 radical (unpaired) electrons. The quantitative estimate of drug-likeness (QED) is 0.669. The number of carbonyl (C=O) groups excluding carboxylic acids is 1. The number of halogens is 1. The average molecular weight is 273 g/mol. The number of furan rings is 1. The second kappa shape index (κ2) is 5.74. The van der Waals surface area contributed by atoms with Gasteiger partial charge in [-0.15, -0.1) is 0 Å². The van der Waals surface area contributed by atoms with E-state index in [-0.39, 0.29) is 11.6 Å². The van der Waals surface area contributed by atoms with E-state index in [1.807, 2.05) is 0 Å². The maximum Gasteiger partial charge on any atom is 0.222 e. The lowest BCUT2D eigenvalue weighted by Gasteiger charge is -2.07. The monoisotopic (exact) mass is 273 g/mol. The minimum atomic E-state index is -0.251. The van der Waals surface area contributed by atoms with Crippen LogP contribution < -0.4 is 5.32 Å². The summed E-state index contributed by atoms with van der Waals surface area (Å²) >= 11 is 0. The lowest BCUT2D eigenvalue weighted by molar-refractivity contribution is 0.102. The van der Waals surface area contributed by atoms with E-state index >= 15 is 0 Å². The maximum absolute atomic E-state index is 13.2. The highest BCUT2D eigenvalue weighted by Crippen LogP contribution is 2.16. The highest BCUT2D eigenvalue weighted by molar-refractivity contribution is 6.03. The molecule has 0 aliphatic carbocycles. The Kier molecular flexibility index (Phi) is 4.03. The third kappa shape index (κ3) is 3.35. The molecule has 2 aromatic rings. The van der Waals surface area contributed by atoms with Crippen molar-refractivity contribution in [2.24, 2.45) is 0 Å². The molecule has 20 heavy (non-hydrogen) atoms. The number of allylic oxidation sites excluding steroid dienone is 2. The number of aryl methyl sites for hydroxylation is 2. The Morgan fingerprint density at radius 2 is 2.00 bits per heavy atom. The number of carbonyl (C=O) groups is 1. The molecule has 1 aromatic carbocycles. The van der Waals surface area contributed by atoms with E-state index in [4.69, 9.17) is 4.42 Å². The first kappa shape index (κ1) is 14.1. The van der Waals surface area contributed by atoms with Crippen LogP contribution in [0.15, 0.2) is 46.5 Å². The lowest BCUT2D eigenvalue weighted by atomic mass is 10.2. The second-order valence-electron chi connectivity index (χ2n) is 4.69. The number of benzene rings is 1. The van der Waals surface area contributed by atoms with E-state index in [9.17, 15) is 9.18 Å². The first-order valence-electron chi connectivity index (χ1n) is 6.28. The Balaban J connectivity index is 2.10. The molecule has 0 unspecified atom stereocenters. The van der Waals surface area contributed by atoms with E-state index in [1.54, 1.807) is 45.0 Å². The van der Waals surface area contributed by atoms with Gasteiger partial charge < -0.3 is 9.73 Å². The topological polar surface area (TPSA) is 42.2 Å². The van der Waals surface area contributed by atoms with Crippen LogP contribution in [0.3, 0.4) is 0 Å². The van der Waals surface area contributed by atoms with Crippen LogP contribution in [-0.2, 0) is 0 Å². The van der Waals surface area contributed by atoms with Crippen molar-refractivity contribution < 1.29 is 13.6 Å². The summed E-state index contributed by atoms with van der Waals surface area (Å²) in [5, 5.41) is 3.05. The van der Waals surface area contributed by atoms with E-state index < -0.39 is 0 Å². The number of rotatable bonds is 4. The fourth-order valence-electron chi connectivity index (χ4n) is 1.82. The van der Waals surface area contributed by atoms with E-state index in [0.29, 0.717) is 22.8 Å². The lowest BCUT2D eigenvalue weighted by Crippen LogP contribution is -2.01. The van der Waals surface area contributed by atoms with Gasteiger partial charge in [0.2, 0.25) is 5.78 Å². The Labute approximate surface area is 117 Å². The molecule has 104 valence electrons. The van der Waals surface area contributed by atoms with Crippen LogP contribution in [0.25, 0.3) is 0 Å². The minimum Gasteiger partial charge on any atom is -0.458 e. The second-order valence-corrected chi connectivity index (χ2v) is 4.69. The summed E-state index contributed by atoms with van der Waals surface area (Å²) in [6.45, 7) is 5.25. The first-order chi connectivity index (χ1) is 9.45. The highest BCUT2D eigenvalue weighted by atomic mass is 19.1. The summed E-state index contributed by atoms with van der Waals surface area (Å²) in [4.78, 5) is 11.9. The molecule has 4 heteroatoms. The summed E-state index contributed by atoms with van der Waals surface area (Å²) < 4.78 is 18.4. The van der Waals surface area contributed by atoms with Crippen LogP contribution in [0.5, 0.6) is 0 Å². The normalized spacial score (nSPS) is 11.5. The Morgan fingerprint density at radius 3 is 2.60 bits per heavy atom. The van der Waals surface area contributed by atoms with Crippen molar-refractivity contribution in [2.75, 3.05) is 5.32 Å². The summed E-state index contributed by atoms with van der Waals surface area (Å²) in [6.07, 6.45) is 1.46. The molecule has 1 N–H and O–H groups in total. The van der Waals surface area contributed by atoms with Crippen molar-refractivity contribution in [1.29, 1.82) is 0 Å². The van der Waals surface area contributed by atoms with E-state index in [2.05, 4.69) is 5.32 Å². The van der Waals surface area contributed by atoms with Gasteiger partial charge in [-0.2, -0.15) is 0 Å². The maximum atomic E-state index is 13.2. The molecule has 1 heterocycles. The van der Waals surface area contributed by atoms with Crippen molar-refractivity contribution in [3.8, 4) is 0 Å². The number of ketones is 1. The molecule has 0 aliphatic heterocycles. The van der Waals surface area contributed by atoms with Crippen LogP contribution >= 0.6 is 0 Å². The third-order valence-corrected chi connectivity index (χ3v) is 2.83. The standard InChI is InChI=1S/C16H16FNO2/c1-10-8-13(5-6-14(10)17)18-11(2)9-15(19)16-7-4-12(3)20-16/h4-9,18H,1-3H3/b11-9+. The summed E-state index contributed by atoms with van der Waals surface area (Å²) in [5.41, 5.74) is 1.95. The number of hydrogen-bond donors (Lipinski definition) is 1. The van der Waals surface area contributed by atoms with Gasteiger partial charge in [0.05, 0.1) is 0 Å². The number of hydrogen-bond acceptors (Lipinski definition) is 3. The number of anilines is 1. The molecule has 0 amide bonds. The summed E-state index contributed by atoms with van der Waals surface area (Å²) in [7, 11) is 0. The van der Waals surface area contributed by atoms with Crippen LogP contribution in [0.1, 0.15) is 28.8 Å². The third-order valence-electron chi connectivity index (χ3n) is 2.83. The van der Waals surface area contributed by atoms with Gasteiger partial charge >= 0.3 is 0 Å². The van der Waals surface area contributed by atoms with Crippen molar-refractivity contribution in [3.05, 3.63) is 65.0 Å². The van der Waals surface area contributed by atoms with Crippen LogP contribution in [-0.4, -0.2) is 5.78 Å². The van der Waals surface area contributed by atoms with Crippen LogP contribution in [0, 0.1) is 19.7 Å². The fourth-order valence-corrected chi connectivity index (χ4v) is 1.82. The highest BCUT2D eigenvalue weighted by Gasteiger charge is 2.08.